The van der Waals surface area contributed by atoms with Gasteiger partial charge in [0, 0.05) is 43.3 Å². The number of morpholine rings is 1. The molecule has 2 aromatic heterocycles. The van der Waals surface area contributed by atoms with Gasteiger partial charge in [-0.2, -0.15) is 5.26 Å². The summed E-state index contributed by atoms with van der Waals surface area (Å²) in [6.45, 7) is 5.27. The minimum atomic E-state index is -0.534. The average molecular weight is 508 g/mol. The van der Waals surface area contributed by atoms with Crippen LogP contribution >= 0.6 is 11.6 Å². The van der Waals surface area contributed by atoms with Crippen LogP contribution in [-0.2, 0) is 4.74 Å². The van der Waals surface area contributed by atoms with Gasteiger partial charge >= 0.3 is 6.03 Å². The summed E-state index contributed by atoms with van der Waals surface area (Å²) in [6.07, 6.45) is 5.30. The number of ether oxygens (including phenoxy) is 1. The minimum absolute atomic E-state index is 0.266. The summed E-state index contributed by atoms with van der Waals surface area (Å²) < 4.78 is 6.99. The number of carbonyl (C=O) groups is 1. The van der Waals surface area contributed by atoms with Gasteiger partial charge in [-0.3, -0.25) is 15.5 Å². The fourth-order valence-corrected chi connectivity index (χ4v) is 4.70. The highest BCUT2D eigenvalue weighted by molar-refractivity contribution is 6.30. The normalized spacial score (nSPS) is 16.9. The Bertz CT molecular complexity index is 1240. The molecule has 2 saturated heterocycles. The zero-order chi connectivity index (χ0) is 24.9. The van der Waals surface area contributed by atoms with E-state index in [0.29, 0.717) is 16.6 Å². The van der Waals surface area contributed by atoms with Crippen molar-refractivity contribution in [3.8, 4) is 11.8 Å². The van der Waals surface area contributed by atoms with Crippen LogP contribution in [0.2, 0.25) is 5.02 Å². The largest absolute Gasteiger partial charge is 0.379 e. The number of aromatic nitrogens is 4. The van der Waals surface area contributed by atoms with E-state index in [2.05, 4.69) is 41.8 Å². The van der Waals surface area contributed by atoms with Crippen LogP contribution < -0.4 is 15.5 Å². The SMILES string of the molecule is N#Cc1cc(NC(=O)Nc2cn(-c3ccc(Cl)cc3)nn2)ncc1N1CCC(N2CCOCC2)CC1. The molecular formula is C24H26ClN9O2. The van der Waals surface area contributed by atoms with Crippen molar-refractivity contribution in [3.05, 3.63) is 53.3 Å². The van der Waals surface area contributed by atoms with Crippen LogP contribution in [0.25, 0.3) is 5.69 Å². The van der Waals surface area contributed by atoms with Crippen molar-refractivity contribution >= 4 is 35.0 Å². The molecule has 0 aliphatic carbocycles. The van der Waals surface area contributed by atoms with Crippen LogP contribution in [0.3, 0.4) is 0 Å². The van der Waals surface area contributed by atoms with Gasteiger partial charge in [0.15, 0.2) is 5.82 Å². The molecule has 2 fully saturated rings. The highest BCUT2D eigenvalue weighted by Crippen LogP contribution is 2.27. The molecule has 5 rings (SSSR count). The first-order valence-electron chi connectivity index (χ1n) is 11.8. The van der Waals surface area contributed by atoms with Gasteiger partial charge in [-0.25, -0.2) is 14.5 Å². The lowest BCUT2D eigenvalue weighted by Crippen LogP contribution is -2.49. The van der Waals surface area contributed by atoms with E-state index in [1.54, 1.807) is 42.7 Å². The van der Waals surface area contributed by atoms with Crippen LogP contribution in [0.1, 0.15) is 18.4 Å². The van der Waals surface area contributed by atoms with Crippen molar-refractivity contribution in [3.63, 3.8) is 0 Å². The quantitative estimate of drug-likeness (QED) is 0.539. The third-order valence-electron chi connectivity index (χ3n) is 6.44. The van der Waals surface area contributed by atoms with Crippen molar-refractivity contribution < 1.29 is 9.53 Å². The van der Waals surface area contributed by atoms with E-state index in [-0.39, 0.29) is 11.6 Å². The summed E-state index contributed by atoms with van der Waals surface area (Å²) in [4.78, 5) is 21.5. The molecule has 0 radical (unpaired) electrons. The second-order valence-corrected chi connectivity index (χ2v) is 9.11. The maximum absolute atomic E-state index is 12.5. The number of anilines is 3. The van der Waals surface area contributed by atoms with E-state index in [1.165, 1.54) is 4.68 Å². The zero-order valence-corrected chi connectivity index (χ0v) is 20.4. The van der Waals surface area contributed by atoms with Crippen LogP contribution in [0.15, 0.2) is 42.7 Å². The maximum atomic E-state index is 12.5. The number of pyridine rings is 1. The monoisotopic (exact) mass is 507 g/mol. The standard InChI is InChI=1S/C24H26ClN9O2/c25-18-1-3-20(4-2-18)34-16-23(30-31-34)29-24(35)28-22-13-17(14-26)21(15-27-22)33-7-5-19(6-8-33)32-9-11-36-12-10-32/h1-4,13,15-16,19H,5-12H2,(H2,27,28,29,35). The average Bonchev–Trinajstić information content (AvgIpc) is 3.38. The smallest absolute Gasteiger partial charge is 0.326 e. The first-order valence-corrected chi connectivity index (χ1v) is 12.2. The van der Waals surface area contributed by atoms with E-state index in [1.807, 2.05) is 0 Å². The Morgan fingerprint density at radius 3 is 2.53 bits per heavy atom. The Kier molecular flexibility index (Phi) is 7.27. The topological polar surface area (TPSA) is 124 Å². The van der Waals surface area contributed by atoms with Gasteiger partial charge < -0.3 is 9.64 Å². The van der Waals surface area contributed by atoms with Crippen LogP contribution in [0.4, 0.5) is 22.1 Å². The summed E-state index contributed by atoms with van der Waals surface area (Å²) in [5.41, 5.74) is 2.01. The molecule has 0 bridgehead atoms. The van der Waals surface area contributed by atoms with Crippen LogP contribution in [0, 0.1) is 11.3 Å². The van der Waals surface area contributed by atoms with E-state index in [9.17, 15) is 10.1 Å². The van der Waals surface area contributed by atoms with Crippen molar-refractivity contribution in [1.82, 2.24) is 24.9 Å². The molecule has 2 aliphatic rings. The summed E-state index contributed by atoms with van der Waals surface area (Å²) in [6, 6.07) is 10.9. The number of amides is 2. The lowest BCUT2D eigenvalue weighted by atomic mass is 10.0. The maximum Gasteiger partial charge on any atom is 0.326 e. The van der Waals surface area contributed by atoms with E-state index in [0.717, 1.165) is 63.6 Å². The molecule has 11 nitrogen and oxygen atoms in total. The predicted molar refractivity (Wildman–Crippen MR) is 136 cm³/mol. The summed E-state index contributed by atoms with van der Waals surface area (Å²) >= 11 is 5.92. The highest BCUT2D eigenvalue weighted by atomic mass is 35.5. The molecule has 3 aromatic rings. The highest BCUT2D eigenvalue weighted by Gasteiger charge is 2.27. The number of carbonyl (C=O) groups excluding carboxylic acids is 1. The fraction of sp³-hybridized carbons (Fsp3) is 0.375. The lowest BCUT2D eigenvalue weighted by molar-refractivity contribution is 0.0115. The Morgan fingerprint density at radius 2 is 1.81 bits per heavy atom. The molecule has 36 heavy (non-hydrogen) atoms. The van der Waals surface area contributed by atoms with Crippen LogP contribution in [-0.4, -0.2) is 76.3 Å². The fourth-order valence-electron chi connectivity index (χ4n) is 4.58. The first kappa shape index (κ1) is 24.0. The number of piperidine rings is 1. The van der Waals surface area contributed by atoms with Crippen molar-refractivity contribution in [2.24, 2.45) is 0 Å². The number of rotatable bonds is 5. The molecular weight excluding hydrogens is 482 g/mol. The second-order valence-electron chi connectivity index (χ2n) is 8.67. The summed E-state index contributed by atoms with van der Waals surface area (Å²) in [7, 11) is 0. The Balaban J connectivity index is 1.18. The van der Waals surface area contributed by atoms with Gasteiger partial charge in [0.05, 0.1) is 42.5 Å². The molecule has 0 spiro atoms. The molecule has 0 unspecified atom stereocenters. The summed E-state index contributed by atoms with van der Waals surface area (Å²) in [5.74, 6) is 0.545. The van der Waals surface area contributed by atoms with Crippen molar-refractivity contribution in [2.45, 2.75) is 18.9 Å². The van der Waals surface area contributed by atoms with E-state index in [4.69, 9.17) is 16.3 Å². The predicted octanol–water partition coefficient (Wildman–Crippen LogP) is 3.13. The van der Waals surface area contributed by atoms with E-state index < -0.39 is 6.03 Å². The van der Waals surface area contributed by atoms with Gasteiger partial charge in [0.2, 0.25) is 0 Å². The van der Waals surface area contributed by atoms with Gasteiger partial charge in [0.25, 0.3) is 0 Å². The molecule has 1 aromatic carbocycles. The number of benzene rings is 1. The van der Waals surface area contributed by atoms with E-state index >= 15 is 0 Å². The molecule has 12 heteroatoms. The van der Waals surface area contributed by atoms with Gasteiger partial charge in [-0.1, -0.05) is 16.8 Å². The molecule has 2 N–H and O–H groups in total. The lowest BCUT2D eigenvalue weighted by Gasteiger charge is -2.40. The van der Waals surface area contributed by atoms with Gasteiger partial charge in [0.1, 0.15) is 11.9 Å². The number of nitrogens with one attached hydrogen (secondary N) is 2. The van der Waals surface area contributed by atoms with Crippen molar-refractivity contribution in [2.75, 3.05) is 54.9 Å². The molecule has 186 valence electrons. The van der Waals surface area contributed by atoms with Gasteiger partial charge in [-0.05, 0) is 37.1 Å². The first-order chi connectivity index (χ1) is 17.6. The number of nitriles is 1. The number of urea groups is 1. The molecule has 2 amide bonds. The number of halogens is 1. The third-order valence-corrected chi connectivity index (χ3v) is 6.69. The van der Waals surface area contributed by atoms with Crippen molar-refractivity contribution in [1.29, 1.82) is 5.26 Å². The number of hydrogen-bond donors (Lipinski definition) is 2. The second kappa shape index (κ2) is 10.9. The third kappa shape index (κ3) is 5.57. The van der Waals surface area contributed by atoms with Gasteiger partial charge in [-0.15, -0.1) is 5.10 Å². The zero-order valence-electron chi connectivity index (χ0n) is 19.6. The molecule has 2 aliphatic heterocycles. The Labute approximate surface area is 213 Å². The Hall–Kier alpha value is -3.72. The minimum Gasteiger partial charge on any atom is -0.379 e. The number of hydrogen-bond acceptors (Lipinski definition) is 8. The molecule has 0 atom stereocenters. The molecule has 0 saturated carbocycles. The van der Waals surface area contributed by atoms with Crippen LogP contribution in [0.5, 0.6) is 0 Å². The summed E-state index contributed by atoms with van der Waals surface area (Å²) in [5, 5.41) is 23.6. The molecule has 4 heterocycles. The number of nitrogens with zero attached hydrogens (tertiary/aromatic N) is 7. The Morgan fingerprint density at radius 1 is 1.08 bits per heavy atom.